The molecule has 1 atom stereocenters. The van der Waals surface area contributed by atoms with Crippen LogP contribution in [0.25, 0.3) is 0 Å². The Labute approximate surface area is 104 Å². The molecule has 0 spiro atoms. The first-order chi connectivity index (χ1) is 8.24. The van der Waals surface area contributed by atoms with E-state index < -0.39 is 0 Å². The number of nitrogens with one attached hydrogen (secondary N) is 1. The first-order valence-electron chi connectivity index (χ1n) is 6.76. The molecule has 2 rings (SSSR count). The molecule has 0 radical (unpaired) electrons. The van der Waals surface area contributed by atoms with Crippen molar-refractivity contribution in [2.45, 2.75) is 46.2 Å². The normalized spacial score (nSPS) is 21.0. The fourth-order valence-corrected chi connectivity index (χ4v) is 2.73. The second kappa shape index (κ2) is 5.54. The van der Waals surface area contributed by atoms with Gasteiger partial charge in [0.25, 0.3) is 0 Å². The summed E-state index contributed by atoms with van der Waals surface area (Å²) < 4.78 is 2.28. The van der Waals surface area contributed by atoms with Crippen molar-refractivity contribution in [2.24, 2.45) is 0 Å². The van der Waals surface area contributed by atoms with Crippen molar-refractivity contribution in [2.75, 3.05) is 25.0 Å². The van der Waals surface area contributed by atoms with Crippen LogP contribution in [0.1, 0.15) is 32.4 Å². The summed E-state index contributed by atoms with van der Waals surface area (Å²) in [4.78, 5) is 7.10. The van der Waals surface area contributed by atoms with Crippen LogP contribution in [0, 0.1) is 6.92 Å². The van der Waals surface area contributed by atoms with Gasteiger partial charge in [0.2, 0.25) is 5.95 Å². The fourth-order valence-electron chi connectivity index (χ4n) is 2.73. The van der Waals surface area contributed by atoms with Crippen molar-refractivity contribution in [1.82, 2.24) is 14.5 Å². The van der Waals surface area contributed by atoms with E-state index in [0.29, 0.717) is 6.04 Å². The van der Waals surface area contributed by atoms with E-state index in [1.54, 1.807) is 0 Å². The standard InChI is InChI=1S/C13H24N4/c1-4-14-13-15-11(3)9-17(13)10-12-7-6-8-16(12)5-2/h9,12H,4-8,10H2,1-3H3,(H,14,15). The highest BCUT2D eigenvalue weighted by Gasteiger charge is 2.23. The lowest BCUT2D eigenvalue weighted by atomic mass is 10.2. The molecule has 4 heteroatoms. The van der Waals surface area contributed by atoms with Gasteiger partial charge in [-0.25, -0.2) is 4.98 Å². The Morgan fingerprint density at radius 1 is 1.47 bits per heavy atom. The quantitative estimate of drug-likeness (QED) is 0.850. The summed E-state index contributed by atoms with van der Waals surface area (Å²) >= 11 is 0. The monoisotopic (exact) mass is 236 g/mol. The van der Waals surface area contributed by atoms with Crippen LogP contribution in [0.3, 0.4) is 0 Å². The minimum Gasteiger partial charge on any atom is -0.356 e. The van der Waals surface area contributed by atoms with E-state index in [2.05, 4.69) is 46.7 Å². The molecular formula is C13H24N4. The summed E-state index contributed by atoms with van der Waals surface area (Å²) in [5.74, 6) is 1.02. The maximum atomic E-state index is 4.53. The first kappa shape index (κ1) is 12.4. The van der Waals surface area contributed by atoms with Crippen molar-refractivity contribution >= 4 is 5.95 Å². The van der Waals surface area contributed by atoms with Gasteiger partial charge in [-0.1, -0.05) is 6.92 Å². The Bertz CT molecular complexity index is 358. The summed E-state index contributed by atoms with van der Waals surface area (Å²) in [6, 6.07) is 0.686. The Morgan fingerprint density at radius 2 is 2.29 bits per heavy atom. The third kappa shape index (κ3) is 2.80. The molecule has 17 heavy (non-hydrogen) atoms. The van der Waals surface area contributed by atoms with Crippen LogP contribution < -0.4 is 5.32 Å². The second-order valence-corrected chi connectivity index (χ2v) is 4.81. The van der Waals surface area contributed by atoms with Crippen LogP contribution in [0.5, 0.6) is 0 Å². The van der Waals surface area contributed by atoms with E-state index in [0.717, 1.165) is 31.3 Å². The highest BCUT2D eigenvalue weighted by molar-refractivity contribution is 5.28. The van der Waals surface area contributed by atoms with Crippen LogP contribution in [-0.4, -0.2) is 40.1 Å². The molecule has 1 fully saturated rings. The van der Waals surface area contributed by atoms with Crippen molar-refractivity contribution in [3.63, 3.8) is 0 Å². The number of likely N-dealkylation sites (N-methyl/N-ethyl adjacent to an activating group) is 1. The summed E-state index contributed by atoms with van der Waals surface area (Å²) in [5.41, 5.74) is 1.10. The zero-order valence-corrected chi connectivity index (χ0v) is 11.2. The minimum atomic E-state index is 0.686. The van der Waals surface area contributed by atoms with Gasteiger partial charge in [0, 0.05) is 25.3 Å². The minimum absolute atomic E-state index is 0.686. The molecule has 0 amide bonds. The number of aryl methyl sites for hydroxylation is 1. The molecule has 1 aliphatic heterocycles. The molecule has 0 aromatic carbocycles. The smallest absolute Gasteiger partial charge is 0.203 e. The summed E-state index contributed by atoms with van der Waals surface area (Å²) in [7, 11) is 0. The van der Waals surface area contributed by atoms with Gasteiger partial charge < -0.3 is 9.88 Å². The van der Waals surface area contributed by atoms with Crippen molar-refractivity contribution in [3.05, 3.63) is 11.9 Å². The second-order valence-electron chi connectivity index (χ2n) is 4.81. The van der Waals surface area contributed by atoms with E-state index in [9.17, 15) is 0 Å². The van der Waals surface area contributed by atoms with E-state index in [1.807, 2.05) is 0 Å². The highest BCUT2D eigenvalue weighted by Crippen LogP contribution is 2.20. The van der Waals surface area contributed by atoms with Gasteiger partial charge in [0.05, 0.1) is 5.69 Å². The third-order valence-electron chi connectivity index (χ3n) is 3.54. The van der Waals surface area contributed by atoms with Gasteiger partial charge in [0.15, 0.2) is 0 Å². The van der Waals surface area contributed by atoms with Crippen LogP contribution in [0.2, 0.25) is 0 Å². The molecule has 0 aliphatic carbocycles. The van der Waals surface area contributed by atoms with E-state index in [4.69, 9.17) is 0 Å². The summed E-state index contributed by atoms with van der Waals surface area (Å²) in [5, 5.41) is 3.34. The number of aromatic nitrogens is 2. The number of hydrogen-bond donors (Lipinski definition) is 1. The average Bonchev–Trinajstić information content (AvgIpc) is 2.87. The van der Waals surface area contributed by atoms with Crippen LogP contribution >= 0.6 is 0 Å². The van der Waals surface area contributed by atoms with Gasteiger partial charge in [-0.3, -0.25) is 4.90 Å². The number of imidazole rings is 1. The average molecular weight is 236 g/mol. The molecule has 4 nitrogen and oxygen atoms in total. The zero-order valence-electron chi connectivity index (χ0n) is 11.2. The van der Waals surface area contributed by atoms with Gasteiger partial charge in [-0.2, -0.15) is 0 Å². The van der Waals surface area contributed by atoms with Crippen LogP contribution in [0.4, 0.5) is 5.95 Å². The Hall–Kier alpha value is -1.03. The predicted molar refractivity (Wildman–Crippen MR) is 71.4 cm³/mol. The third-order valence-corrected chi connectivity index (χ3v) is 3.54. The topological polar surface area (TPSA) is 33.1 Å². The summed E-state index contributed by atoms with van der Waals surface area (Å²) in [6.07, 6.45) is 4.81. The summed E-state index contributed by atoms with van der Waals surface area (Å²) in [6.45, 7) is 10.8. The van der Waals surface area contributed by atoms with E-state index >= 15 is 0 Å². The molecular weight excluding hydrogens is 212 g/mol. The van der Waals surface area contributed by atoms with Gasteiger partial charge in [-0.15, -0.1) is 0 Å². The van der Waals surface area contributed by atoms with Crippen LogP contribution in [-0.2, 0) is 6.54 Å². The molecule has 1 unspecified atom stereocenters. The van der Waals surface area contributed by atoms with E-state index in [-0.39, 0.29) is 0 Å². The van der Waals surface area contributed by atoms with E-state index in [1.165, 1.54) is 19.4 Å². The Morgan fingerprint density at radius 3 is 3.00 bits per heavy atom. The molecule has 0 saturated carbocycles. The lowest BCUT2D eigenvalue weighted by Crippen LogP contribution is -2.32. The molecule has 1 saturated heterocycles. The van der Waals surface area contributed by atoms with Gasteiger partial charge >= 0.3 is 0 Å². The molecule has 1 aromatic heterocycles. The highest BCUT2D eigenvalue weighted by atomic mass is 15.2. The van der Waals surface area contributed by atoms with Crippen molar-refractivity contribution in [3.8, 4) is 0 Å². The molecule has 1 aliphatic rings. The maximum Gasteiger partial charge on any atom is 0.203 e. The molecule has 2 heterocycles. The Balaban J connectivity index is 2.06. The van der Waals surface area contributed by atoms with Gasteiger partial charge in [-0.05, 0) is 39.8 Å². The molecule has 1 N–H and O–H groups in total. The Kier molecular flexibility index (Phi) is 4.05. The largest absolute Gasteiger partial charge is 0.356 e. The number of hydrogen-bond acceptors (Lipinski definition) is 3. The SMILES string of the molecule is CCNc1nc(C)cn1CC1CCCN1CC. The zero-order chi connectivity index (χ0) is 12.3. The first-order valence-corrected chi connectivity index (χ1v) is 6.76. The molecule has 96 valence electrons. The predicted octanol–water partition coefficient (Wildman–Crippen LogP) is 2.11. The number of likely N-dealkylation sites (tertiary alicyclic amines) is 1. The van der Waals surface area contributed by atoms with Gasteiger partial charge in [0.1, 0.15) is 0 Å². The van der Waals surface area contributed by atoms with Crippen LogP contribution in [0.15, 0.2) is 6.20 Å². The molecule has 1 aromatic rings. The fraction of sp³-hybridized carbons (Fsp3) is 0.769. The number of anilines is 1. The van der Waals surface area contributed by atoms with Crippen molar-refractivity contribution < 1.29 is 0 Å². The lowest BCUT2D eigenvalue weighted by molar-refractivity contribution is 0.245. The molecule has 0 bridgehead atoms. The van der Waals surface area contributed by atoms with Crippen molar-refractivity contribution in [1.29, 1.82) is 0 Å². The number of rotatable bonds is 5. The lowest BCUT2D eigenvalue weighted by Gasteiger charge is -2.23. The maximum absolute atomic E-state index is 4.53. The number of nitrogens with zero attached hydrogens (tertiary/aromatic N) is 3.